The molecule has 21 heavy (non-hydrogen) atoms. The fourth-order valence-corrected chi connectivity index (χ4v) is 2.45. The minimum absolute atomic E-state index is 0.135. The topological polar surface area (TPSA) is 55.1 Å². The van der Waals surface area contributed by atoms with E-state index in [0.29, 0.717) is 22.2 Å². The molecule has 0 saturated carbocycles. The van der Waals surface area contributed by atoms with E-state index in [0.717, 1.165) is 11.1 Å². The molecule has 0 heterocycles. The van der Waals surface area contributed by atoms with E-state index in [9.17, 15) is 4.79 Å². The summed E-state index contributed by atoms with van der Waals surface area (Å²) in [5.41, 5.74) is 7.64. The van der Waals surface area contributed by atoms with Gasteiger partial charge in [-0.2, -0.15) is 0 Å². The van der Waals surface area contributed by atoms with Crippen molar-refractivity contribution >= 4 is 29.1 Å². The fourth-order valence-electron chi connectivity index (χ4n) is 2.00. The van der Waals surface area contributed by atoms with Crippen molar-refractivity contribution in [3.63, 3.8) is 0 Å². The van der Waals surface area contributed by atoms with Crippen LogP contribution < -0.4 is 11.1 Å². The van der Waals surface area contributed by atoms with Gasteiger partial charge < -0.3 is 11.1 Å². The number of carbonyl (C=O) groups excluding carboxylic acids is 1. The first-order valence-electron chi connectivity index (χ1n) is 6.54. The van der Waals surface area contributed by atoms with Crippen molar-refractivity contribution in [2.45, 2.75) is 19.5 Å². The number of nitrogens with one attached hydrogen (secondary N) is 1. The number of carbonyl (C=O) groups is 1. The number of amides is 1. The first kappa shape index (κ1) is 15.8. The van der Waals surface area contributed by atoms with Gasteiger partial charge in [-0.3, -0.25) is 4.79 Å². The monoisotopic (exact) mass is 322 g/mol. The van der Waals surface area contributed by atoms with E-state index in [1.807, 2.05) is 24.3 Å². The van der Waals surface area contributed by atoms with Crippen LogP contribution in [0.25, 0.3) is 0 Å². The van der Waals surface area contributed by atoms with Gasteiger partial charge in [0.05, 0.1) is 0 Å². The predicted octanol–water partition coefficient (Wildman–Crippen LogP) is 3.94. The van der Waals surface area contributed by atoms with Gasteiger partial charge in [-0.15, -0.1) is 0 Å². The van der Waals surface area contributed by atoms with Gasteiger partial charge in [0, 0.05) is 28.2 Å². The molecule has 0 saturated heterocycles. The number of benzene rings is 2. The molecule has 1 unspecified atom stereocenters. The van der Waals surface area contributed by atoms with E-state index in [1.165, 1.54) is 0 Å². The molecule has 0 aliphatic rings. The van der Waals surface area contributed by atoms with Crippen LogP contribution in [0.1, 0.15) is 34.5 Å². The molecular weight excluding hydrogens is 307 g/mol. The van der Waals surface area contributed by atoms with Crippen molar-refractivity contribution in [3.8, 4) is 0 Å². The Morgan fingerprint density at radius 2 is 2.00 bits per heavy atom. The zero-order chi connectivity index (χ0) is 15.4. The number of hydrogen-bond acceptors (Lipinski definition) is 2. The molecule has 110 valence electrons. The van der Waals surface area contributed by atoms with Gasteiger partial charge >= 0.3 is 0 Å². The third kappa shape index (κ3) is 4.21. The van der Waals surface area contributed by atoms with Crippen LogP contribution in [-0.4, -0.2) is 5.91 Å². The van der Waals surface area contributed by atoms with Crippen LogP contribution in [0.4, 0.5) is 0 Å². The number of nitrogens with two attached hydrogens (primary N) is 1. The van der Waals surface area contributed by atoms with Crippen LogP contribution in [0.15, 0.2) is 42.5 Å². The molecule has 3 nitrogen and oxygen atoms in total. The molecular formula is C16H16Cl2N2O. The molecule has 0 aromatic heterocycles. The lowest BCUT2D eigenvalue weighted by Crippen LogP contribution is -2.18. The van der Waals surface area contributed by atoms with Crippen molar-refractivity contribution < 1.29 is 4.79 Å². The highest BCUT2D eigenvalue weighted by atomic mass is 35.5. The molecule has 5 heteroatoms. The Labute approximate surface area is 134 Å². The maximum absolute atomic E-state index is 11.1. The van der Waals surface area contributed by atoms with E-state index in [4.69, 9.17) is 28.9 Å². The van der Waals surface area contributed by atoms with Crippen LogP contribution >= 0.6 is 23.2 Å². The lowest BCUT2D eigenvalue weighted by atomic mass is 10.1. The largest absolute Gasteiger partial charge is 0.366 e. The van der Waals surface area contributed by atoms with Crippen molar-refractivity contribution in [1.82, 2.24) is 5.32 Å². The smallest absolute Gasteiger partial charge is 0.248 e. The Kier molecular flexibility index (Phi) is 5.23. The molecule has 0 bridgehead atoms. The lowest BCUT2D eigenvalue weighted by Gasteiger charge is -2.15. The second-order valence-corrected chi connectivity index (χ2v) is 5.67. The Bertz CT molecular complexity index is 658. The van der Waals surface area contributed by atoms with Gasteiger partial charge in [0.1, 0.15) is 0 Å². The number of halogens is 2. The van der Waals surface area contributed by atoms with Crippen LogP contribution in [0.5, 0.6) is 0 Å². The van der Waals surface area contributed by atoms with Crippen LogP contribution in [0.2, 0.25) is 10.0 Å². The molecule has 3 N–H and O–H groups in total. The van der Waals surface area contributed by atoms with E-state index in [2.05, 4.69) is 12.2 Å². The summed E-state index contributed by atoms with van der Waals surface area (Å²) in [5, 5.41) is 4.61. The van der Waals surface area contributed by atoms with Gasteiger partial charge in [0.2, 0.25) is 5.91 Å². The van der Waals surface area contributed by atoms with Gasteiger partial charge in [0.15, 0.2) is 0 Å². The average molecular weight is 323 g/mol. The second kappa shape index (κ2) is 6.94. The van der Waals surface area contributed by atoms with Gasteiger partial charge in [-0.05, 0) is 42.3 Å². The summed E-state index contributed by atoms with van der Waals surface area (Å²) in [6, 6.07) is 12.9. The zero-order valence-corrected chi connectivity index (χ0v) is 13.1. The molecule has 0 spiro atoms. The van der Waals surface area contributed by atoms with E-state index < -0.39 is 5.91 Å². The SMILES string of the molecule is CC(NCc1ccc(C(N)=O)cc1Cl)c1cccc(Cl)c1. The quantitative estimate of drug-likeness (QED) is 0.875. The third-order valence-electron chi connectivity index (χ3n) is 3.28. The molecule has 0 aliphatic carbocycles. The highest BCUT2D eigenvalue weighted by Crippen LogP contribution is 2.21. The van der Waals surface area contributed by atoms with Crippen LogP contribution in [0, 0.1) is 0 Å². The van der Waals surface area contributed by atoms with Crippen molar-refractivity contribution in [3.05, 3.63) is 69.2 Å². The molecule has 0 radical (unpaired) electrons. The Morgan fingerprint density at radius 1 is 1.24 bits per heavy atom. The summed E-state index contributed by atoms with van der Waals surface area (Å²) in [7, 11) is 0. The minimum Gasteiger partial charge on any atom is -0.366 e. The molecule has 2 aromatic carbocycles. The number of primary amides is 1. The summed E-state index contributed by atoms with van der Waals surface area (Å²) in [6.45, 7) is 2.64. The molecule has 0 fully saturated rings. The van der Waals surface area contributed by atoms with Crippen molar-refractivity contribution in [2.24, 2.45) is 5.73 Å². The van der Waals surface area contributed by atoms with Crippen molar-refractivity contribution in [1.29, 1.82) is 0 Å². The highest BCUT2D eigenvalue weighted by molar-refractivity contribution is 6.31. The lowest BCUT2D eigenvalue weighted by molar-refractivity contribution is 0.100. The number of hydrogen-bond donors (Lipinski definition) is 2. The molecule has 2 rings (SSSR count). The predicted molar refractivity (Wildman–Crippen MR) is 86.7 cm³/mol. The normalized spacial score (nSPS) is 12.1. The summed E-state index contributed by atoms with van der Waals surface area (Å²) in [6.07, 6.45) is 0. The Morgan fingerprint density at radius 3 is 2.62 bits per heavy atom. The summed E-state index contributed by atoms with van der Waals surface area (Å²) in [4.78, 5) is 11.1. The molecule has 1 atom stereocenters. The fraction of sp³-hybridized carbons (Fsp3) is 0.188. The molecule has 0 aliphatic heterocycles. The first-order chi connectivity index (χ1) is 9.97. The number of rotatable bonds is 5. The van der Waals surface area contributed by atoms with E-state index in [1.54, 1.807) is 18.2 Å². The third-order valence-corrected chi connectivity index (χ3v) is 3.87. The first-order valence-corrected chi connectivity index (χ1v) is 7.30. The van der Waals surface area contributed by atoms with E-state index in [-0.39, 0.29) is 6.04 Å². The highest BCUT2D eigenvalue weighted by Gasteiger charge is 2.09. The van der Waals surface area contributed by atoms with Crippen LogP contribution in [-0.2, 0) is 6.54 Å². The Balaban J connectivity index is 2.04. The standard InChI is InChI=1S/C16H16Cl2N2O/c1-10(11-3-2-4-14(17)7-11)20-9-13-6-5-12(16(19)21)8-15(13)18/h2-8,10,20H,9H2,1H3,(H2,19,21). The van der Waals surface area contributed by atoms with Gasteiger partial charge in [-0.1, -0.05) is 41.4 Å². The van der Waals surface area contributed by atoms with Crippen molar-refractivity contribution in [2.75, 3.05) is 0 Å². The molecule has 1 amide bonds. The summed E-state index contributed by atoms with van der Waals surface area (Å²) >= 11 is 12.1. The zero-order valence-electron chi connectivity index (χ0n) is 11.6. The minimum atomic E-state index is -0.483. The van der Waals surface area contributed by atoms with Gasteiger partial charge in [0.25, 0.3) is 0 Å². The van der Waals surface area contributed by atoms with Gasteiger partial charge in [-0.25, -0.2) is 0 Å². The van der Waals surface area contributed by atoms with E-state index >= 15 is 0 Å². The maximum Gasteiger partial charge on any atom is 0.248 e. The summed E-state index contributed by atoms with van der Waals surface area (Å²) in [5.74, 6) is -0.483. The average Bonchev–Trinajstić information content (AvgIpc) is 2.45. The van der Waals surface area contributed by atoms with Crippen LogP contribution in [0.3, 0.4) is 0 Å². The Hall–Kier alpha value is -1.55. The maximum atomic E-state index is 11.1. The second-order valence-electron chi connectivity index (χ2n) is 4.83. The molecule has 2 aromatic rings. The summed E-state index contributed by atoms with van der Waals surface area (Å²) < 4.78 is 0.